The molecule has 0 unspecified atom stereocenters. The first-order valence-corrected chi connectivity index (χ1v) is 12.0. The fourth-order valence-electron chi connectivity index (χ4n) is 4.75. The molecule has 2 N–H and O–H groups in total. The van der Waals surface area contributed by atoms with Crippen LogP contribution in [0.25, 0.3) is 0 Å². The van der Waals surface area contributed by atoms with E-state index in [1.807, 2.05) is 0 Å². The molecule has 2 aromatic heterocycles. The number of halogens is 4. The summed E-state index contributed by atoms with van der Waals surface area (Å²) >= 11 is 0.769. The molecule has 0 amide bonds. The van der Waals surface area contributed by atoms with E-state index in [9.17, 15) is 22.4 Å². The molecule has 37 heavy (non-hydrogen) atoms. The first kappa shape index (κ1) is 25.2. The molecule has 3 atom stereocenters. The number of aryl methyl sites for hydroxylation is 1. The van der Waals surface area contributed by atoms with Crippen LogP contribution < -0.4 is 10.5 Å². The third-order valence-electron chi connectivity index (χ3n) is 6.65. The number of aromatic nitrogens is 3. The van der Waals surface area contributed by atoms with Gasteiger partial charge in [0.2, 0.25) is 11.8 Å². The van der Waals surface area contributed by atoms with Gasteiger partial charge in [0.15, 0.2) is 29.2 Å². The number of benzene rings is 1. The molecule has 0 saturated heterocycles. The zero-order chi connectivity index (χ0) is 26.5. The van der Waals surface area contributed by atoms with Gasteiger partial charge in [-0.15, -0.1) is 0 Å². The molecule has 13 heteroatoms. The van der Waals surface area contributed by atoms with Crippen LogP contribution in [0.15, 0.2) is 40.2 Å². The van der Waals surface area contributed by atoms with Gasteiger partial charge in [-0.05, 0) is 38.0 Å². The predicted molar refractivity (Wildman–Crippen MR) is 125 cm³/mol. The number of thioether (sulfide) groups is 1. The maximum Gasteiger partial charge on any atom is 0.253 e. The SMILES string of the molecule is Cc1nc(OCc2ncco2)cnc1C(=O)Cc1cc(F)c(F)c([C@@]2(C)N=C(N)S[C@@]3(C(F)F)C[C@@H]23)c1. The van der Waals surface area contributed by atoms with Crippen molar-refractivity contribution < 1.29 is 31.5 Å². The van der Waals surface area contributed by atoms with Crippen molar-refractivity contribution in [3.63, 3.8) is 0 Å². The Bertz CT molecular complexity index is 1400. The molecule has 1 aliphatic heterocycles. The summed E-state index contributed by atoms with van der Waals surface area (Å²) in [6, 6.07) is 2.18. The van der Waals surface area contributed by atoms with Gasteiger partial charge in [0, 0.05) is 17.9 Å². The number of alkyl halides is 2. The van der Waals surface area contributed by atoms with Gasteiger partial charge >= 0.3 is 0 Å². The van der Waals surface area contributed by atoms with Crippen LogP contribution in [0.3, 0.4) is 0 Å². The molecule has 2 aliphatic rings. The van der Waals surface area contributed by atoms with Gasteiger partial charge in [0.1, 0.15) is 12.0 Å². The van der Waals surface area contributed by atoms with Crippen molar-refractivity contribution in [3.05, 3.63) is 70.8 Å². The Morgan fingerprint density at radius 1 is 1.32 bits per heavy atom. The van der Waals surface area contributed by atoms with Gasteiger partial charge in [-0.1, -0.05) is 11.8 Å². The summed E-state index contributed by atoms with van der Waals surface area (Å²) < 4.78 is 66.3. The Hall–Kier alpha value is -3.48. The first-order valence-electron chi connectivity index (χ1n) is 11.2. The van der Waals surface area contributed by atoms with Crippen molar-refractivity contribution in [2.45, 2.75) is 50.0 Å². The van der Waals surface area contributed by atoms with Crippen molar-refractivity contribution in [1.82, 2.24) is 15.0 Å². The maximum absolute atomic E-state index is 15.0. The van der Waals surface area contributed by atoms with Crippen molar-refractivity contribution >= 4 is 22.7 Å². The largest absolute Gasteiger partial charge is 0.467 e. The highest BCUT2D eigenvalue weighted by molar-refractivity contribution is 8.15. The third-order valence-corrected chi connectivity index (χ3v) is 7.96. The van der Waals surface area contributed by atoms with Gasteiger partial charge in [0.05, 0.1) is 28.4 Å². The van der Waals surface area contributed by atoms with Crippen LogP contribution in [0.5, 0.6) is 5.88 Å². The number of nitrogens with zero attached hydrogens (tertiary/aromatic N) is 4. The number of nitrogens with two attached hydrogens (primary N) is 1. The summed E-state index contributed by atoms with van der Waals surface area (Å²) in [7, 11) is 0. The summed E-state index contributed by atoms with van der Waals surface area (Å²) in [6.45, 7) is 3.04. The molecule has 1 saturated carbocycles. The second kappa shape index (κ2) is 9.12. The van der Waals surface area contributed by atoms with Gasteiger partial charge in [-0.25, -0.2) is 32.5 Å². The van der Waals surface area contributed by atoms with Gasteiger partial charge in [-0.2, -0.15) is 0 Å². The fourth-order valence-corrected chi connectivity index (χ4v) is 6.09. The second-order valence-electron chi connectivity index (χ2n) is 9.11. The number of hydrogen-bond acceptors (Lipinski definition) is 9. The lowest BCUT2D eigenvalue weighted by Gasteiger charge is -2.34. The van der Waals surface area contributed by atoms with Gasteiger partial charge < -0.3 is 14.9 Å². The van der Waals surface area contributed by atoms with E-state index in [0.717, 1.165) is 17.8 Å². The molecule has 0 radical (unpaired) electrons. The Balaban J connectivity index is 1.39. The monoisotopic (exact) mass is 535 g/mol. The predicted octanol–water partition coefficient (Wildman–Crippen LogP) is 4.36. The number of hydrogen-bond donors (Lipinski definition) is 1. The van der Waals surface area contributed by atoms with Crippen LogP contribution in [0.1, 0.15) is 46.5 Å². The maximum atomic E-state index is 15.0. The minimum absolute atomic E-state index is 0.0180. The molecular weight excluding hydrogens is 514 g/mol. The summed E-state index contributed by atoms with van der Waals surface area (Å²) in [5, 5.41) is -0.117. The van der Waals surface area contributed by atoms with Crippen LogP contribution in [0, 0.1) is 24.5 Å². The lowest BCUT2D eigenvalue weighted by atomic mass is 9.84. The second-order valence-corrected chi connectivity index (χ2v) is 10.5. The molecule has 0 spiro atoms. The zero-order valence-corrected chi connectivity index (χ0v) is 20.5. The minimum atomic E-state index is -2.71. The third kappa shape index (κ3) is 4.45. The molecule has 0 bridgehead atoms. The van der Waals surface area contributed by atoms with E-state index in [4.69, 9.17) is 14.9 Å². The lowest BCUT2D eigenvalue weighted by molar-refractivity contribution is 0.0986. The Kier molecular flexibility index (Phi) is 6.21. The average Bonchev–Trinajstić information content (AvgIpc) is 3.37. The number of rotatable bonds is 8. The van der Waals surface area contributed by atoms with E-state index in [2.05, 4.69) is 19.9 Å². The number of ketones is 1. The topological polar surface area (TPSA) is 116 Å². The summed E-state index contributed by atoms with van der Waals surface area (Å²) in [5.41, 5.74) is 4.53. The van der Waals surface area contributed by atoms with E-state index < -0.39 is 40.0 Å². The molecular formula is C24H21F4N5O3S. The number of Topliss-reactive ketones (excluding diaryl/α,β-unsaturated/α-hetero) is 1. The van der Waals surface area contributed by atoms with E-state index in [0.29, 0.717) is 5.89 Å². The number of aliphatic imine (C=N–C) groups is 1. The molecule has 1 aliphatic carbocycles. The molecule has 3 aromatic rings. The van der Waals surface area contributed by atoms with Gasteiger partial charge in [-0.3, -0.25) is 9.79 Å². The summed E-state index contributed by atoms with van der Waals surface area (Å²) in [5.74, 6) is -3.18. The highest BCUT2D eigenvalue weighted by Crippen LogP contribution is 2.68. The van der Waals surface area contributed by atoms with Crippen LogP contribution in [0.2, 0.25) is 0 Å². The molecule has 5 rings (SSSR count). The quantitative estimate of drug-likeness (QED) is 0.334. The van der Waals surface area contributed by atoms with E-state index in [-0.39, 0.29) is 53.0 Å². The Morgan fingerprint density at radius 3 is 2.78 bits per heavy atom. The molecule has 194 valence electrons. The number of ether oxygens (including phenoxy) is 1. The lowest BCUT2D eigenvalue weighted by Crippen LogP contribution is -2.39. The highest BCUT2D eigenvalue weighted by Gasteiger charge is 2.71. The highest BCUT2D eigenvalue weighted by atomic mass is 32.2. The molecule has 3 heterocycles. The van der Waals surface area contributed by atoms with E-state index >= 15 is 0 Å². The standard InChI is InChI=1S/C24H21F4N5O3S/c1-11-20(31-9-17(32-11)36-10-18-30-3-4-35-18)15(34)7-12-5-13(19(26)14(25)6-12)23(2)16-8-24(16,21(27)28)37-22(29)33-23/h3-6,9,16,21H,7-8,10H2,1-2H3,(H2,29,33)/t16-,23+,24-/m0/s1. The van der Waals surface area contributed by atoms with Crippen LogP contribution in [0.4, 0.5) is 17.6 Å². The van der Waals surface area contributed by atoms with Gasteiger partial charge in [0.25, 0.3) is 6.43 Å². The number of carbonyl (C=O) groups excluding carboxylic acids is 1. The first-order chi connectivity index (χ1) is 17.5. The smallest absolute Gasteiger partial charge is 0.253 e. The van der Waals surface area contributed by atoms with Crippen molar-refractivity contribution in [2.24, 2.45) is 16.6 Å². The number of carbonyl (C=O) groups is 1. The van der Waals surface area contributed by atoms with Crippen molar-refractivity contribution in [1.29, 1.82) is 0 Å². The van der Waals surface area contributed by atoms with E-state index in [1.54, 1.807) is 6.92 Å². The van der Waals surface area contributed by atoms with Crippen LogP contribution in [-0.4, -0.2) is 37.1 Å². The summed E-state index contributed by atoms with van der Waals surface area (Å²) in [4.78, 5) is 29.5. The van der Waals surface area contributed by atoms with Crippen molar-refractivity contribution in [3.8, 4) is 5.88 Å². The Morgan fingerprint density at radius 2 is 2.11 bits per heavy atom. The minimum Gasteiger partial charge on any atom is -0.467 e. The number of amidine groups is 1. The Labute approximate surface area is 212 Å². The zero-order valence-electron chi connectivity index (χ0n) is 19.7. The van der Waals surface area contributed by atoms with E-state index in [1.165, 1.54) is 31.6 Å². The average molecular weight is 536 g/mol. The fraction of sp³-hybridized carbons (Fsp3) is 0.375. The van der Waals surface area contributed by atoms with Crippen LogP contribution in [-0.2, 0) is 18.6 Å². The molecule has 8 nitrogen and oxygen atoms in total. The normalized spacial score (nSPS) is 24.5. The van der Waals surface area contributed by atoms with Crippen molar-refractivity contribution in [2.75, 3.05) is 0 Å². The number of fused-ring (bicyclic) bond motifs is 1. The van der Waals surface area contributed by atoms with Crippen LogP contribution >= 0.6 is 11.8 Å². The molecule has 1 fully saturated rings. The number of oxazole rings is 1. The summed E-state index contributed by atoms with van der Waals surface area (Å²) in [6.07, 6.45) is 1.14. The molecule has 1 aromatic carbocycles.